The highest BCUT2D eigenvalue weighted by Crippen LogP contribution is 2.25. The molecule has 1 aromatic rings. The van der Waals surface area contributed by atoms with Crippen molar-refractivity contribution in [3.8, 4) is 0 Å². The van der Waals surface area contributed by atoms with Crippen molar-refractivity contribution in [1.82, 2.24) is 4.98 Å². The van der Waals surface area contributed by atoms with E-state index < -0.39 is 0 Å². The Balaban J connectivity index is 2.00. The lowest BCUT2D eigenvalue weighted by Gasteiger charge is -2.27. The van der Waals surface area contributed by atoms with Crippen molar-refractivity contribution in [3.05, 3.63) is 17.3 Å². The van der Waals surface area contributed by atoms with Crippen molar-refractivity contribution in [3.63, 3.8) is 0 Å². The van der Waals surface area contributed by atoms with Crippen LogP contribution >= 0.6 is 11.6 Å². The summed E-state index contributed by atoms with van der Waals surface area (Å²) in [6, 6.07) is 3.75. The van der Waals surface area contributed by atoms with Gasteiger partial charge in [-0.2, -0.15) is 0 Å². The zero-order valence-corrected chi connectivity index (χ0v) is 9.74. The monoisotopic (exact) mass is 241 g/mol. The maximum absolute atomic E-state index is 9.40. The maximum atomic E-state index is 9.40. The lowest BCUT2D eigenvalue weighted by molar-refractivity contribution is 0.126. The van der Waals surface area contributed by atoms with Gasteiger partial charge in [0.25, 0.3) is 0 Å². The molecule has 0 aliphatic heterocycles. The number of nitrogens with zero attached hydrogens (tertiary/aromatic N) is 1. The number of hydrogen-bond acceptors (Lipinski definition) is 4. The predicted molar refractivity (Wildman–Crippen MR) is 65.5 cm³/mol. The van der Waals surface area contributed by atoms with Crippen LogP contribution in [0.4, 0.5) is 11.5 Å². The third kappa shape index (κ3) is 2.77. The number of anilines is 2. The van der Waals surface area contributed by atoms with Crippen molar-refractivity contribution in [2.75, 3.05) is 11.1 Å². The molecule has 4 N–H and O–H groups in total. The van der Waals surface area contributed by atoms with Gasteiger partial charge in [-0.15, -0.1) is 0 Å². The SMILES string of the molecule is Nc1ccc(Cl)nc1NC1CCC(O)CC1. The summed E-state index contributed by atoms with van der Waals surface area (Å²) in [5.41, 5.74) is 6.41. The molecule has 0 amide bonds. The largest absolute Gasteiger partial charge is 0.396 e. The second-order valence-corrected chi connectivity index (χ2v) is 4.61. The average molecular weight is 242 g/mol. The Bertz CT molecular complexity index is 364. The number of aliphatic hydroxyl groups excluding tert-OH is 1. The van der Waals surface area contributed by atoms with E-state index in [1.54, 1.807) is 12.1 Å². The Hall–Kier alpha value is -1.00. The van der Waals surface area contributed by atoms with Crippen molar-refractivity contribution >= 4 is 23.1 Å². The molecular weight excluding hydrogens is 226 g/mol. The van der Waals surface area contributed by atoms with Crippen LogP contribution in [-0.4, -0.2) is 22.2 Å². The smallest absolute Gasteiger partial charge is 0.151 e. The Morgan fingerprint density at radius 3 is 2.69 bits per heavy atom. The summed E-state index contributed by atoms with van der Waals surface area (Å²) in [4.78, 5) is 4.15. The van der Waals surface area contributed by atoms with E-state index in [0.29, 0.717) is 22.7 Å². The highest BCUT2D eigenvalue weighted by atomic mass is 35.5. The van der Waals surface area contributed by atoms with Gasteiger partial charge in [0, 0.05) is 6.04 Å². The Morgan fingerprint density at radius 2 is 2.00 bits per heavy atom. The van der Waals surface area contributed by atoms with Gasteiger partial charge in [0.2, 0.25) is 0 Å². The summed E-state index contributed by atoms with van der Waals surface area (Å²) in [5.74, 6) is 0.647. The van der Waals surface area contributed by atoms with Gasteiger partial charge in [0.15, 0.2) is 5.82 Å². The number of nitrogen functional groups attached to an aromatic ring is 1. The number of nitrogens with two attached hydrogens (primary N) is 1. The molecule has 1 heterocycles. The Labute approximate surface area is 99.8 Å². The summed E-state index contributed by atoms with van der Waals surface area (Å²) in [6.07, 6.45) is 3.39. The van der Waals surface area contributed by atoms with Gasteiger partial charge >= 0.3 is 0 Å². The molecule has 1 saturated carbocycles. The van der Waals surface area contributed by atoms with Gasteiger partial charge in [-0.05, 0) is 37.8 Å². The number of hydrogen-bond donors (Lipinski definition) is 3. The first-order chi connectivity index (χ1) is 7.65. The van der Waals surface area contributed by atoms with Gasteiger partial charge < -0.3 is 16.2 Å². The second kappa shape index (κ2) is 4.89. The van der Waals surface area contributed by atoms with Gasteiger partial charge in [0.05, 0.1) is 11.8 Å². The van der Waals surface area contributed by atoms with Crippen LogP contribution in [0.5, 0.6) is 0 Å². The van der Waals surface area contributed by atoms with Crippen LogP contribution < -0.4 is 11.1 Å². The fourth-order valence-electron chi connectivity index (χ4n) is 1.98. The number of aromatic nitrogens is 1. The van der Waals surface area contributed by atoms with E-state index in [4.69, 9.17) is 17.3 Å². The molecule has 16 heavy (non-hydrogen) atoms. The average Bonchev–Trinajstić information content (AvgIpc) is 2.27. The third-order valence-electron chi connectivity index (χ3n) is 2.93. The molecule has 0 saturated heterocycles. The third-order valence-corrected chi connectivity index (χ3v) is 3.14. The number of nitrogens with one attached hydrogen (secondary N) is 1. The quantitative estimate of drug-likeness (QED) is 0.693. The maximum Gasteiger partial charge on any atom is 0.151 e. The molecule has 1 aromatic heterocycles. The number of pyridine rings is 1. The van der Waals surface area contributed by atoms with E-state index in [0.717, 1.165) is 25.7 Å². The van der Waals surface area contributed by atoms with Crippen LogP contribution in [0.15, 0.2) is 12.1 Å². The fraction of sp³-hybridized carbons (Fsp3) is 0.545. The number of halogens is 1. The van der Waals surface area contributed by atoms with E-state index >= 15 is 0 Å². The van der Waals surface area contributed by atoms with Gasteiger partial charge in [-0.3, -0.25) is 0 Å². The first kappa shape index (κ1) is 11.5. The van der Waals surface area contributed by atoms with Crippen LogP contribution in [0.1, 0.15) is 25.7 Å². The van der Waals surface area contributed by atoms with E-state index in [-0.39, 0.29) is 6.10 Å². The fourth-order valence-corrected chi connectivity index (χ4v) is 2.12. The standard InChI is InChI=1S/C11H16ClN3O/c12-10-6-5-9(13)11(15-10)14-7-1-3-8(16)4-2-7/h5-8,16H,1-4,13H2,(H,14,15). The van der Waals surface area contributed by atoms with Gasteiger partial charge in [0.1, 0.15) is 5.15 Å². The predicted octanol–water partition coefficient (Wildman–Crippen LogP) is 2.03. The normalized spacial score (nSPS) is 25.4. The van der Waals surface area contributed by atoms with Gasteiger partial charge in [-0.25, -0.2) is 4.98 Å². The molecule has 0 aromatic carbocycles. The summed E-state index contributed by atoms with van der Waals surface area (Å²) in [5, 5.41) is 13.1. The minimum Gasteiger partial charge on any atom is -0.396 e. The number of rotatable bonds is 2. The first-order valence-corrected chi connectivity index (χ1v) is 5.89. The van der Waals surface area contributed by atoms with Crippen LogP contribution in [-0.2, 0) is 0 Å². The molecule has 2 rings (SSSR count). The van der Waals surface area contributed by atoms with Crippen molar-refractivity contribution in [2.45, 2.75) is 37.8 Å². The minimum absolute atomic E-state index is 0.150. The highest BCUT2D eigenvalue weighted by Gasteiger charge is 2.20. The minimum atomic E-state index is -0.150. The molecule has 88 valence electrons. The van der Waals surface area contributed by atoms with E-state index in [2.05, 4.69) is 10.3 Å². The number of aliphatic hydroxyl groups is 1. The molecule has 5 heteroatoms. The summed E-state index contributed by atoms with van der Waals surface area (Å²) in [7, 11) is 0. The first-order valence-electron chi connectivity index (χ1n) is 5.52. The van der Waals surface area contributed by atoms with Crippen molar-refractivity contribution < 1.29 is 5.11 Å². The molecular formula is C11H16ClN3O. The molecule has 0 bridgehead atoms. The molecule has 4 nitrogen and oxygen atoms in total. The lowest BCUT2D eigenvalue weighted by Crippen LogP contribution is -2.28. The summed E-state index contributed by atoms with van der Waals surface area (Å²) >= 11 is 5.81. The molecule has 0 atom stereocenters. The Morgan fingerprint density at radius 1 is 1.31 bits per heavy atom. The molecule has 0 spiro atoms. The summed E-state index contributed by atoms with van der Waals surface area (Å²) in [6.45, 7) is 0. The Kier molecular flexibility index (Phi) is 3.51. The zero-order chi connectivity index (χ0) is 11.5. The van der Waals surface area contributed by atoms with Crippen molar-refractivity contribution in [1.29, 1.82) is 0 Å². The molecule has 1 fully saturated rings. The van der Waals surface area contributed by atoms with Crippen LogP contribution in [0, 0.1) is 0 Å². The summed E-state index contributed by atoms with van der Waals surface area (Å²) < 4.78 is 0. The van der Waals surface area contributed by atoms with E-state index in [1.807, 2.05) is 0 Å². The molecule has 0 radical (unpaired) electrons. The van der Waals surface area contributed by atoms with Gasteiger partial charge in [-0.1, -0.05) is 11.6 Å². The van der Waals surface area contributed by atoms with E-state index in [9.17, 15) is 5.11 Å². The molecule has 1 aliphatic rings. The molecule has 0 unspecified atom stereocenters. The van der Waals surface area contributed by atoms with Crippen LogP contribution in [0.3, 0.4) is 0 Å². The van der Waals surface area contributed by atoms with E-state index in [1.165, 1.54) is 0 Å². The zero-order valence-electron chi connectivity index (χ0n) is 8.99. The second-order valence-electron chi connectivity index (χ2n) is 4.22. The highest BCUT2D eigenvalue weighted by molar-refractivity contribution is 6.29. The lowest BCUT2D eigenvalue weighted by atomic mass is 9.93. The molecule has 1 aliphatic carbocycles. The topological polar surface area (TPSA) is 71.2 Å². The van der Waals surface area contributed by atoms with Crippen molar-refractivity contribution in [2.24, 2.45) is 0 Å². The van der Waals surface area contributed by atoms with Crippen LogP contribution in [0.25, 0.3) is 0 Å². The van der Waals surface area contributed by atoms with Crippen LogP contribution in [0.2, 0.25) is 5.15 Å².